The molecule has 0 saturated carbocycles. The minimum atomic E-state index is -1.65. The first-order valence-electron chi connectivity index (χ1n) is 6.59. The first-order chi connectivity index (χ1) is 8.24. The zero-order valence-corrected chi connectivity index (χ0v) is 13.2. The van der Waals surface area contributed by atoms with Crippen LogP contribution in [0.2, 0.25) is 18.1 Å². The van der Waals surface area contributed by atoms with E-state index in [-0.39, 0.29) is 5.04 Å². The van der Waals surface area contributed by atoms with Gasteiger partial charge in [0.25, 0.3) is 0 Å². The van der Waals surface area contributed by atoms with Crippen molar-refractivity contribution < 1.29 is 13.9 Å². The SMILES string of the molecule is CC(C)(C)[Si](C)(C)OCCC[C@H](O)c1ccco1. The predicted octanol–water partition coefficient (Wildman–Crippen LogP) is 4.12. The largest absolute Gasteiger partial charge is 0.467 e. The fraction of sp³-hybridized carbons (Fsp3) is 0.714. The van der Waals surface area contributed by atoms with Crippen molar-refractivity contribution in [2.45, 2.75) is 57.8 Å². The molecular weight excluding hydrogens is 244 g/mol. The smallest absolute Gasteiger partial charge is 0.191 e. The second-order valence-electron chi connectivity index (χ2n) is 6.28. The third-order valence-corrected chi connectivity index (χ3v) is 8.30. The molecule has 1 N–H and O–H groups in total. The second-order valence-corrected chi connectivity index (χ2v) is 11.1. The van der Waals surface area contributed by atoms with Gasteiger partial charge in [0.1, 0.15) is 11.9 Å². The summed E-state index contributed by atoms with van der Waals surface area (Å²) in [7, 11) is -1.65. The maximum absolute atomic E-state index is 9.86. The van der Waals surface area contributed by atoms with Crippen molar-refractivity contribution in [2.75, 3.05) is 6.61 Å². The van der Waals surface area contributed by atoms with Gasteiger partial charge in [0.05, 0.1) is 6.26 Å². The van der Waals surface area contributed by atoms with Gasteiger partial charge in [0, 0.05) is 6.61 Å². The Morgan fingerprint density at radius 3 is 2.56 bits per heavy atom. The lowest BCUT2D eigenvalue weighted by atomic mass is 10.1. The van der Waals surface area contributed by atoms with Gasteiger partial charge in [-0.2, -0.15) is 0 Å². The molecule has 0 radical (unpaired) electrons. The standard InChI is InChI=1S/C14H26O3Si/c1-14(2,3)18(4,5)17-11-6-8-12(15)13-9-7-10-16-13/h7,9-10,12,15H,6,8,11H2,1-5H3/t12-/m0/s1. The first-order valence-corrected chi connectivity index (χ1v) is 9.50. The molecule has 0 aromatic carbocycles. The summed E-state index contributed by atoms with van der Waals surface area (Å²) in [5.41, 5.74) is 0. The van der Waals surface area contributed by atoms with E-state index >= 15 is 0 Å². The van der Waals surface area contributed by atoms with Crippen LogP contribution in [0.3, 0.4) is 0 Å². The lowest BCUT2D eigenvalue weighted by molar-refractivity contribution is 0.129. The van der Waals surface area contributed by atoms with Crippen molar-refractivity contribution >= 4 is 8.32 Å². The van der Waals surface area contributed by atoms with Crippen LogP contribution in [-0.2, 0) is 4.43 Å². The Morgan fingerprint density at radius 2 is 2.06 bits per heavy atom. The molecule has 1 rings (SSSR count). The van der Waals surface area contributed by atoms with Crippen LogP contribution in [0.1, 0.15) is 45.5 Å². The predicted molar refractivity (Wildman–Crippen MR) is 76.1 cm³/mol. The second kappa shape index (κ2) is 6.04. The topological polar surface area (TPSA) is 42.6 Å². The molecule has 104 valence electrons. The van der Waals surface area contributed by atoms with Gasteiger partial charge in [-0.05, 0) is 43.1 Å². The highest BCUT2D eigenvalue weighted by atomic mass is 28.4. The highest BCUT2D eigenvalue weighted by molar-refractivity contribution is 6.74. The minimum absolute atomic E-state index is 0.243. The van der Waals surface area contributed by atoms with Crippen molar-refractivity contribution in [2.24, 2.45) is 0 Å². The Labute approximate surface area is 111 Å². The van der Waals surface area contributed by atoms with E-state index in [1.54, 1.807) is 18.4 Å². The molecule has 0 aliphatic rings. The van der Waals surface area contributed by atoms with Crippen LogP contribution in [-0.4, -0.2) is 20.0 Å². The zero-order chi connectivity index (χ0) is 13.8. The van der Waals surface area contributed by atoms with Crippen LogP contribution >= 0.6 is 0 Å². The molecule has 4 heteroatoms. The van der Waals surface area contributed by atoms with Gasteiger partial charge in [0.15, 0.2) is 8.32 Å². The molecule has 3 nitrogen and oxygen atoms in total. The van der Waals surface area contributed by atoms with Gasteiger partial charge < -0.3 is 13.9 Å². The Bertz CT molecular complexity index is 338. The van der Waals surface area contributed by atoms with E-state index in [2.05, 4.69) is 33.9 Å². The summed E-state index contributed by atoms with van der Waals surface area (Å²) < 4.78 is 11.2. The van der Waals surface area contributed by atoms with Crippen LogP contribution in [0.5, 0.6) is 0 Å². The van der Waals surface area contributed by atoms with E-state index in [0.29, 0.717) is 18.8 Å². The minimum Gasteiger partial charge on any atom is -0.467 e. The Morgan fingerprint density at radius 1 is 1.39 bits per heavy atom. The van der Waals surface area contributed by atoms with Crippen LogP contribution < -0.4 is 0 Å². The number of aliphatic hydroxyl groups excluding tert-OH is 1. The van der Waals surface area contributed by atoms with E-state index in [9.17, 15) is 5.11 Å². The molecule has 1 aromatic heterocycles. The molecule has 0 amide bonds. The lowest BCUT2D eigenvalue weighted by Gasteiger charge is -2.36. The lowest BCUT2D eigenvalue weighted by Crippen LogP contribution is -2.41. The van der Waals surface area contributed by atoms with E-state index in [1.165, 1.54) is 0 Å². The molecule has 1 atom stereocenters. The fourth-order valence-corrected chi connectivity index (χ4v) is 2.53. The molecule has 0 unspecified atom stereocenters. The summed E-state index contributed by atoms with van der Waals surface area (Å²) in [4.78, 5) is 0. The molecule has 0 fully saturated rings. The number of hydrogen-bond acceptors (Lipinski definition) is 3. The van der Waals surface area contributed by atoms with Gasteiger partial charge in [-0.1, -0.05) is 20.8 Å². The van der Waals surface area contributed by atoms with Crippen molar-refractivity contribution in [3.63, 3.8) is 0 Å². The van der Waals surface area contributed by atoms with Crippen molar-refractivity contribution in [1.82, 2.24) is 0 Å². The summed E-state index contributed by atoms with van der Waals surface area (Å²) in [6.07, 6.45) is 2.62. The van der Waals surface area contributed by atoms with Crippen molar-refractivity contribution in [3.8, 4) is 0 Å². The molecule has 0 bridgehead atoms. The van der Waals surface area contributed by atoms with Gasteiger partial charge in [-0.3, -0.25) is 0 Å². The quantitative estimate of drug-likeness (QED) is 0.624. The number of rotatable bonds is 6. The van der Waals surface area contributed by atoms with E-state index in [1.807, 2.05) is 0 Å². The van der Waals surface area contributed by atoms with Crippen molar-refractivity contribution in [1.29, 1.82) is 0 Å². The van der Waals surface area contributed by atoms with E-state index in [4.69, 9.17) is 8.84 Å². The van der Waals surface area contributed by atoms with Crippen LogP contribution in [0.4, 0.5) is 0 Å². The molecule has 0 aliphatic heterocycles. The molecule has 0 spiro atoms. The summed E-state index contributed by atoms with van der Waals surface area (Å²) in [5, 5.41) is 10.1. The number of aliphatic hydroxyl groups is 1. The van der Waals surface area contributed by atoms with E-state index in [0.717, 1.165) is 6.42 Å². The molecular formula is C14H26O3Si. The molecule has 0 saturated heterocycles. The summed E-state index contributed by atoms with van der Waals surface area (Å²) >= 11 is 0. The summed E-state index contributed by atoms with van der Waals surface area (Å²) in [6, 6.07) is 3.60. The maximum atomic E-state index is 9.86. The average Bonchev–Trinajstić information content (AvgIpc) is 2.75. The summed E-state index contributed by atoms with van der Waals surface area (Å²) in [5.74, 6) is 0.641. The maximum Gasteiger partial charge on any atom is 0.191 e. The van der Waals surface area contributed by atoms with Gasteiger partial charge in [-0.25, -0.2) is 0 Å². The highest BCUT2D eigenvalue weighted by Crippen LogP contribution is 2.36. The van der Waals surface area contributed by atoms with Gasteiger partial charge in [-0.15, -0.1) is 0 Å². The highest BCUT2D eigenvalue weighted by Gasteiger charge is 2.36. The molecule has 1 aromatic rings. The monoisotopic (exact) mass is 270 g/mol. The molecule has 0 aliphatic carbocycles. The van der Waals surface area contributed by atoms with Crippen LogP contribution in [0.15, 0.2) is 22.8 Å². The zero-order valence-electron chi connectivity index (χ0n) is 12.2. The molecule has 18 heavy (non-hydrogen) atoms. The third kappa shape index (κ3) is 4.26. The van der Waals surface area contributed by atoms with Gasteiger partial charge in [0.2, 0.25) is 0 Å². The first kappa shape index (κ1) is 15.5. The Balaban J connectivity index is 2.27. The van der Waals surface area contributed by atoms with Crippen LogP contribution in [0.25, 0.3) is 0 Å². The fourth-order valence-electron chi connectivity index (χ4n) is 1.44. The summed E-state index contributed by atoms with van der Waals surface area (Å²) in [6.45, 7) is 11.9. The van der Waals surface area contributed by atoms with Crippen molar-refractivity contribution in [3.05, 3.63) is 24.2 Å². The Hall–Kier alpha value is -0.583. The Kier molecular flexibility index (Phi) is 5.19. The normalized spacial score (nSPS) is 14.8. The number of furan rings is 1. The third-order valence-electron chi connectivity index (χ3n) is 3.76. The van der Waals surface area contributed by atoms with Gasteiger partial charge >= 0.3 is 0 Å². The average molecular weight is 270 g/mol. The van der Waals surface area contributed by atoms with E-state index < -0.39 is 14.4 Å². The molecule has 1 heterocycles. The van der Waals surface area contributed by atoms with Crippen LogP contribution in [0, 0.1) is 0 Å². The number of hydrogen-bond donors (Lipinski definition) is 1.